The van der Waals surface area contributed by atoms with Crippen molar-refractivity contribution in [3.63, 3.8) is 0 Å². The second-order valence-corrected chi connectivity index (χ2v) is 9.75. The molecule has 0 aliphatic heterocycles. The lowest BCUT2D eigenvalue weighted by Gasteiger charge is -2.24. The molecule has 7 nitrogen and oxygen atoms in total. The number of thiol groups is 2. The van der Waals surface area contributed by atoms with E-state index in [1.165, 1.54) is 0 Å². The Morgan fingerprint density at radius 3 is 2.21 bits per heavy atom. The van der Waals surface area contributed by atoms with E-state index in [1.54, 1.807) is 0 Å². The molecule has 0 saturated carbocycles. The summed E-state index contributed by atoms with van der Waals surface area (Å²) in [5.74, 6) is 0. The van der Waals surface area contributed by atoms with E-state index in [1.807, 2.05) is 6.92 Å². The highest BCUT2D eigenvalue weighted by Gasteiger charge is 2.44. The van der Waals surface area contributed by atoms with Gasteiger partial charge in [0.05, 0.1) is 15.4 Å². The van der Waals surface area contributed by atoms with Crippen LogP contribution < -0.4 is 5.73 Å². The molecule has 0 fully saturated rings. The topological polar surface area (TPSA) is 112 Å². The summed E-state index contributed by atoms with van der Waals surface area (Å²) in [6.45, 7) is 1.93. The zero-order valence-corrected chi connectivity index (χ0v) is 17.5. The molecule has 0 aromatic heterocycles. The molecule has 1 rings (SSSR count). The van der Waals surface area contributed by atoms with Gasteiger partial charge in [0.1, 0.15) is 13.9 Å². The molecule has 0 atom stereocenters. The van der Waals surface area contributed by atoms with Crippen LogP contribution in [0.5, 0.6) is 0 Å². The van der Waals surface area contributed by atoms with Gasteiger partial charge in [0.2, 0.25) is 0 Å². The molecule has 13 heteroatoms. The molecule has 2 N–H and O–H groups in total. The van der Waals surface area contributed by atoms with Crippen molar-refractivity contribution in [3.8, 4) is 0 Å². The fraction of sp³-hybridized carbons (Fsp3) is 0.600. The number of thioether (sulfide) groups is 1. The van der Waals surface area contributed by atoms with Gasteiger partial charge < -0.3 is 5.73 Å². The third kappa shape index (κ3) is 6.42. The number of unbranched alkanes of at least 4 members (excludes halogenated alkanes) is 1. The van der Waals surface area contributed by atoms with Crippen LogP contribution in [0, 0.1) is 20.2 Å². The normalized spacial score (nSPS) is 12.2. The maximum Gasteiger partial charge on any atom is 0.417 e. The van der Waals surface area contributed by atoms with Crippen LogP contribution in [-0.2, 0) is 12.6 Å². The summed E-state index contributed by atoms with van der Waals surface area (Å²) < 4.78 is 39.5. The Balaban J connectivity index is 3.81. The van der Waals surface area contributed by atoms with E-state index in [4.69, 9.17) is 5.73 Å². The zero-order chi connectivity index (χ0) is 21.7. The molecule has 0 aliphatic carbocycles. The second-order valence-electron chi connectivity index (χ2n) is 5.95. The van der Waals surface area contributed by atoms with E-state index < -0.39 is 41.3 Å². The molecule has 1 aromatic carbocycles. The van der Waals surface area contributed by atoms with Gasteiger partial charge in [-0.25, -0.2) is 0 Å². The molecule has 0 heterocycles. The number of hydrogen-bond donors (Lipinski definition) is 3. The summed E-state index contributed by atoms with van der Waals surface area (Å²) in [5, 5.41) is 23.0. The minimum Gasteiger partial charge on any atom is -0.330 e. The van der Waals surface area contributed by atoms with Gasteiger partial charge in [0, 0.05) is 6.07 Å². The molecule has 0 unspecified atom stereocenters. The monoisotopic (exact) mass is 459 g/mol. The number of hydrogen-bond acceptors (Lipinski definition) is 8. The van der Waals surface area contributed by atoms with Crippen LogP contribution in [0.1, 0.15) is 43.7 Å². The number of nitrogens with zero attached hydrogens (tertiary/aromatic N) is 2. The van der Waals surface area contributed by atoms with Crippen molar-refractivity contribution in [2.45, 2.75) is 53.5 Å². The Morgan fingerprint density at radius 2 is 1.79 bits per heavy atom. The van der Waals surface area contributed by atoms with E-state index in [2.05, 4.69) is 25.3 Å². The average molecular weight is 460 g/mol. The van der Waals surface area contributed by atoms with E-state index in [9.17, 15) is 33.4 Å². The van der Waals surface area contributed by atoms with Gasteiger partial charge in [0.25, 0.3) is 11.4 Å². The standard InChI is InChI=1S/C15H20F3N3O4S3/c1-2-3-6-14(26,27)28-13-10(15(16,17)18)8-11(20(22)23)9(5-4-7-19)12(13)21(24)25/h8,26-27H,2-7,19H2,1H3. The first-order chi connectivity index (χ1) is 12.9. The molecular formula is C15H20F3N3O4S3. The predicted octanol–water partition coefficient (Wildman–Crippen LogP) is 5.21. The molecule has 0 saturated heterocycles. The Labute approximate surface area is 174 Å². The molecule has 1 aromatic rings. The van der Waals surface area contributed by atoms with Crippen molar-refractivity contribution in [3.05, 3.63) is 37.4 Å². The first kappa shape index (κ1) is 24.9. The average Bonchev–Trinajstić information content (AvgIpc) is 2.55. The Bertz CT molecular complexity index is 745. The molecule has 0 amide bonds. The molecular weight excluding hydrogens is 439 g/mol. The maximum absolute atomic E-state index is 13.6. The lowest BCUT2D eigenvalue weighted by molar-refractivity contribution is -0.397. The van der Waals surface area contributed by atoms with Crippen LogP contribution in [-0.4, -0.2) is 19.8 Å². The van der Waals surface area contributed by atoms with Crippen molar-refractivity contribution < 1.29 is 23.0 Å². The van der Waals surface area contributed by atoms with Crippen LogP contribution in [0.15, 0.2) is 11.0 Å². The zero-order valence-electron chi connectivity index (χ0n) is 14.9. The Hall–Kier alpha value is -1.18. The molecule has 0 bridgehead atoms. The molecule has 0 spiro atoms. The van der Waals surface area contributed by atoms with Crippen LogP contribution in [0.3, 0.4) is 0 Å². The quantitative estimate of drug-likeness (QED) is 0.146. The summed E-state index contributed by atoms with van der Waals surface area (Å²) in [7, 11) is 0. The summed E-state index contributed by atoms with van der Waals surface area (Å²) in [5.41, 5.74) is 1.65. The number of rotatable bonds is 10. The first-order valence-electron chi connectivity index (χ1n) is 8.25. The van der Waals surface area contributed by atoms with E-state index in [0.29, 0.717) is 24.2 Å². The van der Waals surface area contributed by atoms with Crippen LogP contribution in [0.25, 0.3) is 0 Å². The highest BCUT2D eigenvalue weighted by molar-refractivity contribution is 8.24. The van der Waals surface area contributed by atoms with Gasteiger partial charge in [-0.05, 0) is 25.8 Å². The van der Waals surface area contributed by atoms with Crippen molar-refractivity contribution in [1.29, 1.82) is 0 Å². The van der Waals surface area contributed by atoms with Crippen molar-refractivity contribution >= 4 is 48.4 Å². The first-order valence-corrected chi connectivity index (χ1v) is 9.96. The number of benzene rings is 1. The third-order valence-corrected chi connectivity index (χ3v) is 5.92. The Kier molecular flexibility index (Phi) is 8.91. The number of nitro benzene ring substituents is 2. The molecule has 28 heavy (non-hydrogen) atoms. The maximum atomic E-state index is 13.6. The fourth-order valence-electron chi connectivity index (χ4n) is 2.49. The molecule has 0 radical (unpaired) electrons. The lowest BCUT2D eigenvalue weighted by atomic mass is 10.0. The van der Waals surface area contributed by atoms with Crippen LogP contribution in [0.2, 0.25) is 0 Å². The van der Waals surface area contributed by atoms with Crippen molar-refractivity contribution in [2.75, 3.05) is 6.54 Å². The van der Waals surface area contributed by atoms with Gasteiger partial charge in [-0.2, -0.15) is 38.4 Å². The Morgan fingerprint density at radius 1 is 1.18 bits per heavy atom. The molecule has 0 aliphatic rings. The van der Waals surface area contributed by atoms with E-state index in [-0.39, 0.29) is 31.4 Å². The van der Waals surface area contributed by atoms with E-state index in [0.717, 1.165) is 6.42 Å². The number of alkyl halides is 3. The SMILES string of the molecule is CCCCC(S)(S)Sc1c(C(F)(F)F)cc([N+](=O)[O-])c(CCCN)c1[N+](=O)[O-]. The second kappa shape index (κ2) is 10.0. The number of halogens is 3. The largest absolute Gasteiger partial charge is 0.417 e. The summed E-state index contributed by atoms with van der Waals surface area (Å²) >= 11 is 8.97. The van der Waals surface area contributed by atoms with Crippen LogP contribution >= 0.6 is 37.0 Å². The smallest absolute Gasteiger partial charge is 0.330 e. The van der Waals surface area contributed by atoms with E-state index >= 15 is 0 Å². The number of nitro groups is 2. The summed E-state index contributed by atoms with van der Waals surface area (Å²) in [4.78, 5) is 20.2. The van der Waals surface area contributed by atoms with Crippen molar-refractivity contribution in [1.82, 2.24) is 0 Å². The summed E-state index contributed by atoms with van der Waals surface area (Å²) in [6.07, 6.45) is -3.52. The van der Waals surface area contributed by atoms with Gasteiger partial charge in [-0.1, -0.05) is 31.5 Å². The van der Waals surface area contributed by atoms with Gasteiger partial charge >= 0.3 is 6.18 Å². The van der Waals surface area contributed by atoms with Gasteiger partial charge in [-0.15, -0.1) is 0 Å². The summed E-state index contributed by atoms with van der Waals surface area (Å²) in [6, 6.07) is 0.346. The lowest BCUT2D eigenvalue weighted by Crippen LogP contribution is -2.16. The minimum absolute atomic E-state index is 0.0668. The predicted molar refractivity (Wildman–Crippen MR) is 108 cm³/mol. The highest BCUT2D eigenvalue weighted by Crippen LogP contribution is 2.53. The van der Waals surface area contributed by atoms with Crippen LogP contribution in [0.4, 0.5) is 24.5 Å². The number of nitrogens with two attached hydrogens (primary N) is 1. The minimum atomic E-state index is -5.04. The third-order valence-electron chi connectivity index (χ3n) is 3.77. The van der Waals surface area contributed by atoms with Gasteiger partial charge in [0.15, 0.2) is 0 Å². The molecule has 158 valence electrons. The fourth-order valence-corrected chi connectivity index (χ4v) is 4.51. The highest BCUT2D eigenvalue weighted by atomic mass is 32.2. The van der Waals surface area contributed by atoms with Gasteiger partial charge in [-0.3, -0.25) is 20.2 Å². The van der Waals surface area contributed by atoms with Crippen molar-refractivity contribution in [2.24, 2.45) is 5.73 Å².